The number of hydrogen-bond donors (Lipinski definition) is 2. The average Bonchev–Trinajstić information content (AvgIpc) is 2.30. The first-order valence-corrected chi connectivity index (χ1v) is 9.97. The van der Waals surface area contributed by atoms with Crippen LogP contribution in [0.4, 0.5) is 11.4 Å². The molecule has 0 saturated heterocycles. The van der Waals surface area contributed by atoms with Crippen LogP contribution in [-0.4, -0.2) is 46.3 Å². The van der Waals surface area contributed by atoms with E-state index in [0.717, 1.165) is 6.26 Å². The summed E-state index contributed by atoms with van der Waals surface area (Å²) in [6.07, 6.45) is 0.930. The van der Waals surface area contributed by atoms with Crippen molar-refractivity contribution in [2.75, 3.05) is 34.6 Å². The number of halogens is 1. The van der Waals surface area contributed by atoms with E-state index in [4.69, 9.17) is 17.3 Å². The Kier molecular flexibility index (Phi) is 5.60. The second-order valence-corrected chi connectivity index (χ2v) is 9.36. The molecule has 1 aromatic rings. The maximum absolute atomic E-state index is 11.6. The van der Waals surface area contributed by atoms with E-state index in [1.165, 1.54) is 18.2 Å². The van der Waals surface area contributed by atoms with Gasteiger partial charge in [-0.2, -0.15) is 0 Å². The van der Waals surface area contributed by atoms with E-state index < -0.39 is 42.8 Å². The van der Waals surface area contributed by atoms with E-state index in [1.807, 2.05) is 0 Å². The Balaban J connectivity index is 2.66. The summed E-state index contributed by atoms with van der Waals surface area (Å²) in [5.41, 5.74) is 6.10. The van der Waals surface area contributed by atoms with Crippen LogP contribution < -0.4 is 11.1 Å². The van der Waals surface area contributed by atoms with Gasteiger partial charge >= 0.3 is 0 Å². The molecule has 0 atom stereocenters. The lowest BCUT2D eigenvalue weighted by Gasteiger charge is -2.07. The summed E-state index contributed by atoms with van der Waals surface area (Å²) in [5, 5.41) is 2.67. The highest BCUT2D eigenvalue weighted by Gasteiger charge is 2.19. The van der Waals surface area contributed by atoms with E-state index >= 15 is 0 Å². The standard InChI is InChI=1S/C11H15ClN2O5S2/c1-20(16,17)4-5-21(18,19)7-11(15)14-8-2-3-9(12)10(13)6-8/h2-3,6H,4-5,7,13H2,1H3,(H,14,15). The van der Waals surface area contributed by atoms with Crippen molar-refractivity contribution < 1.29 is 21.6 Å². The maximum atomic E-state index is 11.6. The van der Waals surface area contributed by atoms with Gasteiger partial charge in [0.15, 0.2) is 9.84 Å². The number of nitrogen functional groups attached to an aromatic ring is 1. The Morgan fingerprint density at radius 1 is 1.24 bits per heavy atom. The lowest BCUT2D eigenvalue weighted by Crippen LogP contribution is -2.27. The third-order valence-corrected chi connectivity index (χ3v) is 5.47. The van der Waals surface area contributed by atoms with Gasteiger partial charge in [-0.05, 0) is 18.2 Å². The quantitative estimate of drug-likeness (QED) is 0.709. The minimum atomic E-state index is -3.80. The number of benzene rings is 1. The number of rotatable bonds is 6. The number of anilines is 2. The SMILES string of the molecule is CS(=O)(=O)CCS(=O)(=O)CC(=O)Nc1ccc(Cl)c(N)c1. The number of nitrogens with two attached hydrogens (primary N) is 1. The number of sulfone groups is 2. The van der Waals surface area contributed by atoms with Crippen LogP contribution in [0, 0.1) is 0 Å². The molecule has 0 aliphatic carbocycles. The molecule has 0 spiro atoms. The van der Waals surface area contributed by atoms with Crippen molar-refractivity contribution in [2.45, 2.75) is 0 Å². The first kappa shape index (κ1) is 17.7. The minimum absolute atomic E-state index is 0.245. The van der Waals surface area contributed by atoms with E-state index in [-0.39, 0.29) is 5.69 Å². The highest BCUT2D eigenvalue weighted by Crippen LogP contribution is 2.22. The van der Waals surface area contributed by atoms with Gasteiger partial charge < -0.3 is 11.1 Å². The van der Waals surface area contributed by atoms with Gasteiger partial charge in [-0.15, -0.1) is 0 Å². The summed E-state index contributed by atoms with van der Waals surface area (Å²) in [4.78, 5) is 11.6. The lowest BCUT2D eigenvalue weighted by molar-refractivity contribution is -0.113. The van der Waals surface area contributed by atoms with Crippen LogP contribution in [0.3, 0.4) is 0 Å². The molecule has 1 rings (SSSR count). The van der Waals surface area contributed by atoms with Crippen molar-refractivity contribution in [3.05, 3.63) is 23.2 Å². The summed E-state index contributed by atoms with van der Waals surface area (Å²) < 4.78 is 45.1. The largest absolute Gasteiger partial charge is 0.397 e. The van der Waals surface area contributed by atoms with Gasteiger partial charge in [0.05, 0.1) is 22.2 Å². The van der Waals surface area contributed by atoms with Crippen molar-refractivity contribution >= 4 is 48.6 Å². The summed E-state index contributed by atoms with van der Waals surface area (Å²) in [6, 6.07) is 4.33. The Morgan fingerprint density at radius 3 is 2.38 bits per heavy atom. The van der Waals surface area contributed by atoms with Crippen LogP contribution in [0.2, 0.25) is 5.02 Å². The fourth-order valence-electron chi connectivity index (χ4n) is 1.37. The van der Waals surface area contributed by atoms with Crippen molar-refractivity contribution in [3.8, 4) is 0 Å². The Labute approximate surface area is 128 Å². The Morgan fingerprint density at radius 2 is 1.86 bits per heavy atom. The maximum Gasteiger partial charge on any atom is 0.239 e. The van der Waals surface area contributed by atoms with Gasteiger partial charge in [0, 0.05) is 11.9 Å². The number of amides is 1. The molecule has 7 nitrogen and oxygen atoms in total. The third-order valence-electron chi connectivity index (χ3n) is 2.40. The van der Waals surface area contributed by atoms with Gasteiger partial charge in [-0.3, -0.25) is 4.79 Å². The van der Waals surface area contributed by atoms with E-state index in [2.05, 4.69) is 5.32 Å². The molecular weight excluding hydrogens is 340 g/mol. The van der Waals surface area contributed by atoms with Gasteiger partial charge in [-0.25, -0.2) is 16.8 Å². The fourth-order valence-corrected chi connectivity index (χ4v) is 4.33. The Bertz CT molecular complexity index is 744. The molecule has 0 saturated carbocycles. The van der Waals surface area contributed by atoms with Crippen LogP contribution in [-0.2, 0) is 24.5 Å². The first-order chi connectivity index (χ1) is 9.48. The van der Waals surface area contributed by atoms with E-state index in [0.29, 0.717) is 10.7 Å². The molecule has 0 radical (unpaired) electrons. The normalized spacial score (nSPS) is 12.1. The smallest absolute Gasteiger partial charge is 0.239 e. The number of hydrogen-bond acceptors (Lipinski definition) is 6. The summed E-state index contributed by atoms with van der Waals surface area (Å²) >= 11 is 5.72. The molecule has 118 valence electrons. The van der Waals surface area contributed by atoms with Crippen molar-refractivity contribution in [2.24, 2.45) is 0 Å². The molecule has 0 fully saturated rings. The third kappa shape index (κ3) is 6.78. The molecule has 0 heterocycles. The van der Waals surface area contributed by atoms with Crippen LogP contribution >= 0.6 is 11.6 Å². The molecule has 21 heavy (non-hydrogen) atoms. The van der Waals surface area contributed by atoms with Gasteiger partial charge in [0.1, 0.15) is 15.6 Å². The molecule has 0 bridgehead atoms. The van der Waals surface area contributed by atoms with Crippen LogP contribution in [0.15, 0.2) is 18.2 Å². The fraction of sp³-hybridized carbons (Fsp3) is 0.364. The first-order valence-electron chi connectivity index (χ1n) is 5.71. The zero-order valence-electron chi connectivity index (χ0n) is 11.2. The second kappa shape index (κ2) is 6.63. The molecule has 0 unspecified atom stereocenters. The summed E-state index contributed by atoms with van der Waals surface area (Å²) in [6.45, 7) is 0. The van der Waals surface area contributed by atoms with Gasteiger partial charge in [0.2, 0.25) is 5.91 Å². The number of nitrogens with one attached hydrogen (secondary N) is 1. The molecule has 0 aliphatic heterocycles. The summed E-state index contributed by atoms with van der Waals surface area (Å²) in [7, 11) is -7.21. The molecule has 10 heteroatoms. The van der Waals surface area contributed by atoms with Crippen molar-refractivity contribution in [1.29, 1.82) is 0 Å². The van der Waals surface area contributed by atoms with Crippen LogP contribution in [0.5, 0.6) is 0 Å². The highest BCUT2D eigenvalue weighted by atomic mass is 35.5. The topological polar surface area (TPSA) is 123 Å². The second-order valence-electron chi connectivity index (χ2n) is 4.51. The van der Waals surface area contributed by atoms with Crippen LogP contribution in [0.25, 0.3) is 0 Å². The van der Waals surface area contributed by atoms with Crippen molar-refractivity contribution in [3.63, 3.8) is 0 Å². The van der Waals surface area contributed by atoms with Gasteiger partial charge in [-0.1, -0.05) is 11.6 Å². The zero-order chi connectivity index (χ0) is 16.3. The average molecular weight is 355 g/mol. The molecular formula is C11H15ClN2O5S2. The zero-order valence-corrected chi connectivity index (χ0v) is 13.6. The summed E-state index contributed by atoms with van der Waals surface area (Å²) in [5.74, 6) is -2.69. The Hall–Kier alpha value is -1.32. The number of carbonyl (C=O) groups excluding carboxylic acids is 1. The minimum Gasteiger partial charge on any atom is -0.397 e. The molecule has 1 aromatic carbocycles. The van der Waals surface area contributed by atoms with Gasteiger partial charge in [0.25, 0.3) is 0 Å². The van der Waals surface area contributed by atoms with Crippen LogP contribution in [0.1, 0.15) is 0 Å². The highest BCUT2D eigenvalue weighted by molar-refractivity contribution is 7.95. The number of carbonyl (C=O) groups is 1. The van der Waals surface area contributed by atoms with E-state index in [1.54, 1.807) is 0 Å². The monoisotopic (exact) mass is 354 g/mol. The predicted octanol–water partition coefficient (Wildman–Crippen LogP) is 0.320. The predicted molar refractivity (Wildman–Crippen MR) is 82.9 cm³/mol. The molecule has 0 aromatic heterocycles. The lowest BCUT2D eigenvalue weighted by atomic mass is 10.3. The molecule has 1 amide bonds. The van der Waals surface area contributed by atoms with Crippen molar-refractivity contribution in [1.82, 2.24) is 0 Å². The molecule has 0 aliphatic rings. The van der Waals surface area contributed by atoms with E-state index in [9.17, 15) is 21.6 Å². The molecule has 3 N–H and O–H groups in total.